The molecule has 3 aliphatic carbocycles. The number of hydrogen-bond donors (Lipinski definition) is 1. The number of hydrogen-bond acceptors (Lipinski definition) is 3. The fraction of sp³-hybridized carbons (Fsp3) is 0.654. The number of imidazole rings is 1. The molecule has 2 aliphatic heterocycles. The fourth-order valence-electron chi connectivity index (χ4n) is 6.86. The predicted octanol–water partition coefficient (Wildman–Crippen LogP) is 4.74. The number of fused-ring (bicyclic) bond motifs is 2. The molecule has 2 bridgehead atoms. The maximum atomic E-state index is 5.11. The second kappa shape index (κ2) is 7.20. The highest BCUT2D eigenvalue weighted by Crippen LogP contribution is 2.59. The minimum Gasteiger partial charge on any atom is -0.324 e. The normalized spacial score (nSPS) is 31.7. The van der Waals surface area contributed by atoms with Crippen LogP contribution >= 0.6 is 0 Å². The minimum absolute atomic E-state index is 0.544. The first-order chi connectivity index (χ1) is 14.6. The number of aromatic nitrogens is 2. The first-order valence-corrected chi connectivity index (χ1v) is 12.2. The maximum Gasteiger partial charge on any atom is 0.114 e. The summed E-state index contributed by atoms with van der Waals surface area (Å²) in [7, 11) is 0. The number of likely N-dealkylation sites (tertiary alicyclic amines) is 1. The maximum absolute atomic E-state index is 5.11. The van der Waals surface area contributed by atoms with Crippen LogP contribution < -0.4 is 5.32 Å². The van der Waals surface area contributed by atoms with Gasteiger partial charge in [0.05, 0.1) is 11.0 Å². The molecule has 1 N–H and O–H groups in total. The summed E-state index contributed by atoms with van der Waals surface area (Å²) in [6.45, 7) is 10.8. The number of allylic oxidation sites excluding steroid dienone is 1. The molecule has 3 atom stereocenters. The van der Waals surface area contributed by atoms with Gasteiger partial charge in [0.1, 0.15) is 5.82 Å². The van der Waals surface area contributed by atoms with Crippen LogP contribution in [-0.4, -0.2) is 47.2 Å². The van der Waals surface area contributed by atoms with E-state index in [2.05, 4.69) is 59.0 Å². The standard InChI is InChI=1S/C26H36N4/c1-26(2)20-8-7-19(22(26)15-20)17-29-13-10-21(11-14-29)30-24-6-4-3-5-23(24)28-25(30)18-9-12-27-16-18/h3-7,18,20-22,27H,8-17H2,1-2H3. The lowest BCUT2D eigenvalue weighted by Crippen LogP contribution is -2.50. The second-order valence-electron chi connectivity index (χ2n) is 10.8. The number of piperidine rings is 1. The first kappa shape index (κ1) is 19.1. The molecule has 0 spiro atoms. The molecule has 1 saturated carbocycles. The van der Waals surface area contributed by atoms with Crippen LogP contribution in [0, 0.1) is 17.3 Å². The average molecular weight is 405 g/mol. The molecular formula is C26H36N4. The van der Waals surface area contributed by atoms with Crippen molar-refractivity contribution in [1.29, 1.82) is 0 Å². The Labute approximate surface area is 180 Å². The predicted molar refractivity (Wildman–Crippen MR) is 123 cm³/mol. The van der Waals surface area contributed by atoms with Crippen molar-refractivity contribution in [2.24, 2.45) is 17.3 Å². The van der Waals surface area contributed by atoms with Crippen LogP contribution in [0.4, 0.5) is 0 Å². The van der Waals surface area contributed by atoms with Crippen LogP contribution in [0.15, 0.2) is 35.9 Å². The lowest BCUT2D eigenvalue weighted by atomic mass is 9.49. The van der Waals surface area contributed by atoms with Crippen molar-refractivity contribution in [1.82, 2.24) is 19.8 Å². The molecule has 3 unspecified atom stereocenters. The fourth-order valence-corrected chi connectivity index (χ4v) is 6.86. The van der Waals surface area contributed by atoms with Gasteiger partial charge in [0.15, 0.2) is 0 Å². The van der Waals surface area contributed by atoms with E-state index >= 15 is 0 Å². The van der Waals surface area contributed by atoms with Crippen LogP contribution in [0.3, 0.4) is 0 Å². The topological polar surface area (TPSA) is 33.1 Å². The molecule has 3 heterocycles. The molecular weight excluding hydrogens is 368 g/mol. The summed E-state index contributed by atoms with van der Waals surface area (Å²) in [5, 5.41) is 3.54. The third kappa shape index (κ3) is 2.98. The van der Waals surface area contributed by atoms with Gasteiger partial charge >= 0.3 is 0 Å². The van der Waals surface area contributed by atoms with Crippen LogP contribution in [0.1, 0.15) is 63.7 Å². The molecule has 3 fully saturated rings. The monoisotopic (exact) mass is 404 g/mol. The average Bonchev–Trinajstić information content (AvgIpc) is 3.42. The highest BCUT2D eigenvalue weighted by molar-refractivity contribution is 5.76. The molecule has 4 nitrogen and oxygen atoms in total. The summed E-state index contributed by atoms with van der Waals surface area (Å²) in [5.74, 6) is 3.68. The van der Waals surface area contributed by atoms with Gasteiger partial charge in [-0.3, -0.25) is 4.90 Å². The van der Waals surface area contributed by atoms with Crippen molar-refractivity contribution in [3.05, 3.63) is 41.7 Å². The van der Waals surface area contributed by atoms with Gasteiger partial charge in [0, 0.05) is 38.1 Å². The number of nitrogens with zero attached hydrogens (tertiary/aromatic N) is 3. The molecule has 0 radical (unpaired) electrons. The second-order valence-corrected chi connectivity index (χ2v) is 10.8. The number of benzene rings is 1. The van der Waals surface area contributed by atoms with Crippen molar-refractivity contribution >= 4 is 11.0 Å². The van der Waals surface area contributed by atoms with E-state index < -0.39 is 0 Å². The molecule has 5 aliphatic rings. The van der Waals surface area contributed by atoms with E-state index in [4.69, 9.17) is 4.98 Å². The Morgan fingerprint density at radius 3 is 2.70 bits per heavy atom. The zero-order chi connectivity index (χ0) is 20.3. The van der Waals surface area contributed by atoms with Crippen LogP contribution in [0.5, 0.6) is 0 Å². The van der Waals surface area contributed by atoms with Gasteiger partial charge < -0.3 is 9.88 Å². The van der Waals surface area contributed by atoms with Crippen molar-refractivity contribution in [2.75, 3.05) is 32.7 Å². The summed E-state index contributed by atoms with van der Waals surface area (Å²) in [6.07, 6.45) is 9.05. The van der Waals surface area contributed by atoms with Crippen LogP contribution in [0.25, 0.3) is 11.0 Å². The van der Waals surface area contributed by atoms with E-state index in [9.17, 15) is 0 Å². The molecule has 2 aromatic rings. The summed E-state index contributed by atoms with van der Waals surface area (Å²) in [5.41, 5.74) is 4.81. The van der Waals surface area contributed by atoms with Gasteiger partial charge in [-0.1, -0.05) is 37.6 Å². The highest BCUT2D eigenvalue weighted by atomic mass is 15.2. The number of para-hydroxylation sites is 2. The molecule has 2 saturated heterocycles. The van der Waals surface area contributed by atoms with E-state index in [0.29, 0.717) is 17.4 Å². The van der Waals surface area contributed by atoms with E-state index in [1.54, 1.807) is 5.57 Å². The van der Waals surface area contributed by atoms with Crippen molar-refractivity contribution in [3.8, 4) is 0 Å². The van der Waals surface area contributed by atoms with Crippen molar-refractivity contribution < 1.29 is 0 Å². The molecule has 1 aromatic heterocycles. The lowest BCUT2D eigenvalue weighted by Gasteiger charge is -2.57. The number of nitrogens with one attached hydrogen (secondary N) is 1. The Bertz CT molecular complexity index is 957. The van der Waals surface area contributed by atoms with Gasteiger partial charge in [-0.15, -0.1) is 0 Å². The van der Waals surface area contributed by atoms with Gasteiger partial charge in [0.25, 0.3) is 0 Å². The molecule has 0 amide bonds. The molecule has 7 rings (SSSR count). The van der Waals surface area contributed by atoms with Crippen LogP contribution in [-0.2, 0) is 0 Å². The summed E-state index contributed by atoms with van der Waals surface area (Å²) in [4.78, 5) is 7.84. The van der Waals surface area contributed by atoms with Crippen molar-refractivity contribution in [2.45, 2.75) is 57.9 Å². The van der Waals surface area contributed by atoms with Gasteiger partial charge in [-0.2, -0.15) is 0 Å². The Hall–Kier alpha value is -1.65. The quantitative estimate of drug-likeness (QED) is 0.747. The summed E-state index contributed by atoms with van der Waals surface area (Å²) < 4.78 is 2.63. The Morgan fingerprint density at radius 2 is 1.97 bits per heavy atom. The summed E-state index contributed by atoms with van der Waals surface area (Å²) >= 11 is 0. The Morgan fingerprint density at radius 1 is 1.13 bits per heavy atom. The third-order valence-corrected chi connectivity index (χ3v) is 8.96. The van der Waals surface area contributed by atoms with E-state index in [1.165, 1.54) is 68.6 Å². The molecule has 30 heavy (non-hydrogen) atoms. The first-order valence-electron chi connectivity index (χ1n) is 12.2. The molecule has 4 heteroatoms. The van der Waals surface area contributed by atoms with Gasteiger partial charge in [0.2, 0.25) is 0 Å². The summed E-state index contributed by atoms with van der Waals surface area (Å²) in [6, 6.07) is 9.37. The third-order valence-electron chi connectivity index (χ3n) is 8.96. The largest absolute Gasteiger partial charge is 0.324 e. The van der Waals surface area contributed by atoms with Crippen LogP contribution in [0.2, 0.25) is 0 Å². The van der Waals surface area contributed by atoms with Crippen molar-refractivity contribution in [3.63, 3.8) is 0 Å². The van der Waals surface area contributed by atoms with Gasteiger partial charge in [-0.05, 0) is 68.0 Å². The minimum atomic E-state index is 0.544. The zero-order valence-corrected chi connectivity index (χ0v) is 18.6. The Kier molecular flexibility index (Phi) is 4.58. The lowest BCUT2D eigenvalue weighted by molar-refractivity contribution is -0.0114. The SMILES string of the molecule is CC1(C)C2CC=C(CN3CCC(n4c(C5CCNC5)nc5ccccc54)CC3)C1C2. The smallest absolute Gasteiger partial charge is 0.114 e. The number of rotatable bonds is 4. The highest BCUT2D eigenvalue weighted by Gasteiger charge is 2.51. The Balaban J connectivity index is 1.19. The zero-order valence-electron chi connectivity index (χ0n) is 18.6. The van der Waals surface area contributed by atoms with E-state index in [0.717, 1.165) is 24.9 Å². The molecule has 1 aromatic carbocycles. The van der Waals surface area contributed by atoms with Gasteiger partial charge in [-0.25, -0.2) is 4.98 Å². The molecule has 160 valence electrons. The van der Waals surface area contributed by atoms with E-state index in [1.807, 2.05) is 0 Å². The van der Waals surface area contributed by atoms with E-state index in [-0.39, 0.29) is 0 Å².